The van der Waals surface area contributed by atoms with Gasteiger partial charge in [-0.05, 0) is 30.4 Å². The minimum absolute atomic E-state index is 0.226. The fraction of sp³-hybridized carbons (Fsp3) is 0.692. The second-order valence-electron chi connectivity index (χ2n) is 4.71. The first-order chi connectivity index (χ1) is 7.64. The average molecular weight is 240 g/mol. The maximum absolute atomic E-state index is 10.7. The minimum atomic E-state index is -0.650. The van der Waals surface area contributed by atoms with Gasteiger partial charge >= 0.3 is 0 Å². The van der Waals surface area contributed by atoms with E-state index in [-0.39, 0.29) is 6.10 Å². The molecule has 0 amide bonds. The number of hydrogen-bond acceptors (Lipinski definition) is 3. The molecule has 1 fully saturated rings. The summed E-state index contributed by atoms with van der Waals surface area (Å²) in [7, 11) is 0. The van der Waals surface area contributed by atoms with Gasteiger partial charge in [0.1, 0.15) is 0 Å². The highest BCUT2D eigenvalue weighted by molar-refractivity contribution is 7.10. The number of aryl methyl sites for hydroxylation is 1. The molecule has 0 spiro atoms. The van der Waals surface area contributed by atoms with E-state index < -0.39 is 5.60 Å². The van der Waals surface area contributed by atoms with Crippen molar-refractivity contribution in [2.75, 3.05) is 6.61 Å². The Hall–Kier alpha value is -0.380. The molecule has 1 N–H and O–H groups in total. The standard InChI is InChI=1S/C13H20O2S/c1-3-4-12-8-13(14,5-6-15-12)11-7-10(2)16-9-11/h7,9,12,14H,3-6,8H2,1-2H3. The number of hydrogen-bond donors (Lipinski definition) is 1. The molecule has 90 valence electrons. The summed E-state index contributed by atoms with van der Waals surface area (Å²) >= 11 is 1.71. The lowest BCUT2D eigenvalue weighted by molar-refractivity contribution is -0.109. The van der Waals surface area contributed by atoms with Gasteiger partial charge in [0.25, 0.3) is 0 Å². The molecule has 16 heavy (non-hydrogen) atoms. The molecule has 0 aliphatic carbocycles. The molecule has 3 heteroatoms. The zero-order valence-corrected chi connectivity index (χ0v) is 10.8. The van der Waals surface area contributed by atoms with Gasteiger partial charge in [-0.1, -0.05) is 13.3 Å². The van der Waals surface area contributed by atoms with Gasteiger partial charge in [0.2, 0.25) is 0 Å². The summed E-state index contributed by atoms with van der Waals surface area (Å²) < 4.78 is 5.69. The second kappa shape index (κ2) is 4.86. The molecule has 2 unspecified atom stereocenters. The van der Waals surface area contributed by atoms with Crippen molar-refractivity contribution < 1.29 is 9.84 Å². The SMILES string of the molecule is CCCC1CC(O)(c2csc(C)c2)CCO1. The van der Waals surface area contributed by atoms with E-state index in [2.05, 4.69) is 25.3 Å². The van der Waals surface area contributed by atoms with E-state index in [1.807, 2.05) is 0 Å². The lowest BCUT2D eigenvalue weighted by Gasteiger charge is -2.36. The number of aliphatic hydroxyl groups is 1. The third-order valence-electron chi connectivity index (χ3n) is 3.31. The van der Waals surface area contributed by atoms with Gasteiger partial charge in [-0.15, -0.1) is 11.3 Å². The normalized spacial score (nSPS) is 30.6. The lowest BCUT2D eigenvalue weighted by atomic mass is 9.84. The highest BCUT2D eigenvalue weighted by atomic mass is 32.1. The molecule has 1 aromatic rings. The van der Waals surface area contributed by atoms with Crippen LogP contribution in [0.2, 0.25) is 0 Å². The summed E-state index contributed by atoms with van der Waals surface area (Å²) in [6, 6.07) is 2.11. The minimum Gasteiger partial charge on any atom is -0.385 e. The van der Waals surface area contributed by atoms with Gasteiger partial charge in [-0.25, -0.2) is 0 Å². The van der Waals surface area contributed by atoms with Crippen LogP contribution >= 0.6 is 11.3 Å². The van der Waals surface area contributed by atoms with Gasteiger partial charge in [0.15, 0.2) is 0 Å². The third kappa shape index (κ3) is 2.47. The Morgan fingerprint density at radius 1 is 1.62 bits per heavy atom. The van der Waals surface area contributed by atoms with E-state index >= 15 is 0 Å². The maximum Gasteiger partial charge on any atom is 0.0951 e. The van der Waals surface area contributed by atoms with Crippen LogP contribution in [0.4, 0.5) is 0 Å². The van der Waals surface area contributed by atoms with E-state index in [1.165, 1.54) is 4.88 Å². The van der Waals surface area contributed by atoms with Gasteiger partial charge in [0.05, 0.1) is 18.3 Å². The number of rotatable bonds is 3. The highest BCUT2D eigenvalue weighted by Gasteiger charge is 2.36. The summed E-state index contributed by atoms with van der Waals surface area (Å²) in [5.74, 6) is 0. The highest BCUT2D eigenvalue weighted by Crippen LogP contribution is 2.37. The average Bonchev–Trinajstić information content (AvgIpc) is 2.66. The van der Waals surface area contributed by atoms with Crippen LogP contribution in [0.3, 0.4) is 0 Å². The third-order valence-corrected chi connectivity index (χ3v) is 4.17. The molecule has 0 radical (unpaired) electrons. The first-order valence-corrected chi connectivity index (χ1v) is 6.91. The first-order valence-electron chi connectivity index (χ1n) is 6.03. The van der Waals surface area contributed by atoms with Crippen molar-refractivity contribution >= 4 is 11.3 Å². The Kier molecular flexibility index (Phi) is 3.67. The van der Waals surface area contributed by atoms with Crippen molar-refractivity contribution in [3.8, 4) is 0 Å². The van der Waals surface area contributed by atoms with Crippen molar-refractivity contribution in [1.29, 1.82) is 0 Å². The summed E-state index contributed by atoms with van der Waals surface area (Å²) in [6.45, 7) is 4.92. The van der Waals surface area contributed by atoms with Crippen molar-refractivity contribution in [3.05, 3.63) is 21.9 Å². The van der Waals surface area contributed by atoms with E-state index in [0.717, 1.165) is 31.2 Å². The number of thiophene rings is 1. The molecule has 1 aliphatic heterocycles. The summed E-state index contributed by atoms with van der Waals surface area (Å²) in [4.78, 5) is 1.27. The summed E-state index contributed by atoms with van der Waals surface area (Å²) in [5.41, 5.74) is 0.433. The molecule has 0 bridgehead atoms. The van der Waals surface area contributed by atoms with E-state index in [0.29, 0.717) is 6.61 Å². The van der Waals surface area contributed by atoms with Gasteiger partial charge in [-0.2, -0.15) is 0 Å². The molecule has 2 nitrogen and oxygen atoms in total. The monoisotopic (exact) mass is 240 g/mol. The van der Waals surface area contributed by atoms with Crippen molar-refractivity contribution in [1.82, 2.24) is 0 Å². The van der Waals surface area contributed by atoms with Gasteiger partial charge in [-0.3, -0.25) is 0 Å². The van der Waals surface area contributed by atoms with Crippen LogP contribution in [0.1, 0.15) is 43.0 Å². The Labute approximate surface area is 101 Å². The fourth-order valence-corrected chi connectivity index (χ4v) is 3.18. The molecule has 2 heterocycles. The summed E-state index contributed by atoms with van der Waals surface area (Å²) in [5, 5.41) is 12.8. The van der Waals surface area contributed by atoms with E-state index in [1.54, 1.807) is 11.3 Å². The Balaban J connectivity index is 2.11. The lowest BCUT2D eigenvalue weighted by Crippen LogP contribution is -2.38. The van der Waals surface area contributed by atoms with Gasteiger partial charge in [0, 0.05) is 17.7 Å². The molecule has 1 aliphatic rings. The van der Waals surface area contributed by atoms with Gasteiger partial charge < -0.3 is 9.84 Å². The Morgan fingerprint density at radius 3 is 3.06 bits per heavy atom. The molecular weight excluding hydrogens is 220 g/mol. The van der Waals surface area contributed by atoms with E-state index in [9.17, 15) is 5.11 Å². The van der Waals surface area contributed by atoms with Crippen LogP contribution in [0.15, 0.2) is 11.4 Å². The van der Waals surface area contributed by atoms with Crippen LogP contribution in [-0.2, 0) is 10.3 Å². The quantitative estimate of drug-likeness (QED) is 0.879. The van der Waals surface area contributed by atoms with Crippen LogP contribution < -0.4 is 0 Å². The predicted octanol–water partition coefficient (Wildman–Crippen LogP) is 3.22. The maximum atomic E-state index is 10.7. The molecular formula is C13H20O2S. The van der Waals surface area contributed by atoms with Crippen molar-refractivity contribution in [3.63, 3.8) is 0 Å². The molecule has 0 aromatic carbocycles. The molecule has 2 atom stereocenters. The van der Waals surface area contributed by atoms with E-state index in [4.69, 9.17) is 4.74 Å². The van der Waals surface area contributed by atoms with Crippen LogP contribution in [0.5, 0.6) is 0 Å². The first kappa shape index (κ1) is 12.1. The number of ether oxygens (including phenoxy) is 1. The largest absolute Gasteiger partial charge is 0.385 e. The predicted molar refractivity (Wildman–Crippen MR) is 66.8 cm³/mol. The molecule has 2 rings (SSSR count). The van der Waals surface area contributed by atoms with Crippen LogP contribution in [0, 0.1) is 6.92 Å². The smallest absolute Gasteiger partial charge is 0.0951 e. The topological polar surface area (TPSA) is 29.5 Å². The Bertz CT molecular complexity index is 345. The van der Waals surface area contributed by atoms with Crippen LogP contribution in [-0.4, -0.2) is 17.8 Å². The zero-order chi connectivity index (χ0) is 11.6. The zero-order valence-electron chi connectivity index (χ0n) is 10.0. The van der Waals surface area contributed by atoms with Crippen molar-refractivity contribution in [2.45, 2.75) is 51.2 Å². The summed E-state index contributed by atoms with van der Waals surface area (Å²) in [6.07, 6.45) is 3.86. The molecule has 0 saturated carbocycles. The Morgan fingerprint density at radius 2 is 2.44 bits per heavy atom. The van der Waals surface area contributed by atoms with Crippen molar-refractivity contribution in [2.24, 2.45) is 0 Å². The fourth-order valence-electron chi connectivity index (χ4n) is 2.39. The second-order valence-corrected chi connectivity index (χ2v) is 5.83. The molecule has 1 saturated heterocycles. The molecule has 1 aromatic heterocycles. The van der Waals surface area contributed by atoms with Crippen LogP contribution in [0.25, 0.3) is 0 Å².